The number of carbonyl (C=O) groups excluding carboxylic acids is 3. The van der Waals surface area contributed by atoms with Crippen LogP contribution in [0.3, 0.4) is 0 Å². The number of aromatic nitrogens is 1. The standard InChI is InChI=1S/C15H10N4O5/c1-18-14(21)10-4-2-8(6-11(10)15(18)22)13(20)17-12-5-3-9(7-16-12)19(23)24/h2-7H,1H3,(H,16,17,20). The first-order chi connectivity index (χ1) is 11.4. The first-order valence-corrected chi connectivity index (χ1v) is 6.76. The summed E-state index contributed by atoms with van der Waals surface area (Å²) in [5.41, 5.74) is 0.377. The molecule has 0 unspecified atom stereocenters. The van der Waals surface area contributed by atoms with Crippen molar-refractivity contribution >= 4 is 29.2 Å². The van der Waals surface area contributed by atoms with E-state index in [4.69, 9.17) is 0 Å². The Morgan fingerprint density at radius 1 is 1.17 bits per heavy atom. The number of nitrogens with one attached hydrogen (secondary N) is 1. The summed E-state index contributed by atoms with van der Waals surface area (Å²) in [5.74, 6) is -1.31. The molecule has 24 heavy (non-hydrogen) atoms. The maximum Gasteiger partial charge on any atom is 0.287 e. The number of nitrogens with zero attached hydrogens (tertiary/aromatic N) is 3. The van der Waals surface area contributed by atoms with Gasteiger partial charge < -0.3 is 5.32 Å². The Morgan fingerprint density at radius 2 is 1.88 bits per heavy atom. The van der Waals surface area contributed by atoms with E-state index in [0.717, 1.165) is 11.1 Å². The van der Waals surface area contributed by atoms with Gasteiger partial charge in [-0.15, -0.1) is 0 Å². The number of imide groups is 1. The Morgan fingerprint density at radius 3 is 2.50 bits per heavy atom. The average Bonchev–Trinajstić information content (AvgIpc) is 2.79. The van der Waals surface area contributed by atoms with Crippen LogP contribution in [0.2, 0.25) is 0 Å². The van der Waals surface area contributed by atoms with E-state index in [0.29, 0.717) is 0 Å². The smallest absolute Gasteiger partial charge is 0.287 e. The molecule has 0 fully saturated rings. The lowest BCUT2D eigenvalue weighted by atomic mass is 10.1. The first-order valence-electron chi connectivity index (χ1n) is 6.76. The average molecular weight is 326 g/mol. The number of hydrogen-bond donors (Lipinski definition) is 1. The van der Waals surface area contributed by atoms with Gasteiger partial charge in [0.2, 0.25) is 0 Å². The Bertz CT molecular complexity index is 891. The van der Waals surface area contributed by atoms with Crippen molar-refractivity contribution in [1.82, 2.24) is 9.88 Å². The molecular weight excluding hydrogens is 316 g/mol. The molecular formula is C15H10N4O5. The molecule has 2 heterocycles. The summed E-state index contributed by atoms with van der Waals surface area (Å²) < 4.78 is 0. The second-order valence-electron chi connectivity index (χ2n) is 5.04. The van der Waals surface area contributed by atoms with Gasteiger partial charge in [-0.1, -0.05) is 0 Å². The highest BCUT2D eigenvalue weighted by Gasteiger charge is 2.33. The molecule has 120 valence electrons. The van der Waals surface area contributed by atoms with Crippen molar-refractivity contribution < 1.29 is 19.3 Å². The maximum atomic E-state index is 12.2. The van der Waals surface area contributed by atoms with E-state index in [-0.39, 0.29) is 28.2 Å². The zero-order valence-corrected chi connectivity index (χ0v) is 12.3. The Hall–Kier alpha value is -3.62. The molecule has 1 aliphatic heterocycles. The second-order valence-corrected chi connectivity index (χ2v) is 5.04. The Balaban J connectivity index is 1.83. The van der Waals surface area contributed by atoms with Crippen molar-refractivity contribution in [2.45, 2.75) is 0 Å². The third-order valence-electron chi connectivity index (χ3n) is 3.55. The molecule has 9 nitrogen and oxygen atoms in total. The van der Waals surface area contributed by atoms with Crippen molar-refractivity contribution in [3.05, 3.63) is 63.3 Å². The normalized spacial score (nSPS) is 13.0. The molecule has 0 spiro atoms. The molecule has 1 aromatic heterocycles. The van der Waals surface area contributed by atoms with E-state index in [1.165, 1.54) is 37.4 Å². The highest BCUT2D eigenvalue weighted by molar-refractivity contribution is 6.22. The number of anilines is 1. The van der Waals surface area contributed by atoms with Crippen molar-refractivity contribution in [1.29, 1.82) is 0 Å². The third-order valence-corrected chi connectivity index (χ3v) is 3.55. The molecule has 1 aliphatic rings. The molecule has 0 bridgehead atoms. The summed E-state index contributed by atoms with van der Waals surface area (Å²) in [7, 11) is 1.37. The van der Waals surface area contributed by atoms with Crippen LogP contribution in [-0.2, 0) is 0 Å². The number of nitro groups is 1. The molecule has 3 rings (SSSR count). The van der Waals surface area contributed by atoms with E-state index in [9.17, 15) is 24.5 Å². The predicted molar refractivity (Wildman–Crippen MR) is 81.7 cm³/mol. The maximum absolute atomic E-state index is 12.2. The lowest BCUT2D eigenvalue weighted by Gasteiger charge is -2.05. The van der Waals surface area contributed by atoms with Crippen molar-refractivity contribution in [3.8, 4) is 0 Å². The SMILES string of the molecule is CN1C(=O)c2ccc(C(=O)Nc3ccc([N+](=O)[O-])cn3)cc2C1=O. The zero-order chi connectivity index (χ0) is 17.4. The number of hydrogen-bond acceptors (Lipinski definition) is 6. The molecule has 1 aromatic carbocycles. The van der Waals surface area contributed by atoms with Crippen LogP contribution in [0.25, 0.3) is 0 Å². The summed E-state index contributed by atoms with van der Waals surface area (Å²) in [5, 5.41) is 13.0. The molecule has 3 amide bonds. The van der Waals surface area contributed by atoms with Crippen LogP contribution in [0.1, 0.15) is 31.1 Å². The van der Waals surface area contributed by atoms with Gasteiger partial charge in [0.15, 0.2) is 0 Å². The number of carbonyl (C=O) groups is 3. The zero-order valence-electron chi connectivity index (χ0n) is 12.3. The van der Waals surface area contributed by atoms with Crippen LogP contribution in [0.5, 0.6) is 0 Å². The number of amides is 3. The summed E-state index contributed by atoms with van der Waals surface area (Å²) >= 11 is 0. The quantitative estimate of drug-likeness (QED) is 0.517. The molecule has 0 radical (unpaired) electrons. The van der Waals surface area contributed by atoms with Crippen LogP contribution in [0.4, 0.5) is 11.5 Å². The molecule has 0 aliphatic carbocycles. The third kappa shape index (κ3) is 2.47. The molecule has 0 saturated heterocycles. The van der Waals surface area contributed by atoms with Gasteiger partial charge >= 0.3 is 0 Å². The Labute approximate surface area is 135 Å². The van der Waals surface area contributed by atoms with E-state index in [1.54, 1.807) is 0 Å². The summed E-state index contributed by atoms with van der Waals surface area (Å²) in [6.07, 6.45) is 1.02. The van der Waals surface area contributed by atoms with E-state index >= 15 is 0 Å². The highest BCUT2D eigenvalue weighted by atomic mass is 16.6. The summed E-state index contributed by atoms with van der Waals surface area (Å²) in [6, 6.07) is 6.68. The second kappa shape index (κ2) is 5.54. The monoisotopic (exact) mass is 326 g/mol. The van der Waals surface area contributed by atoms with Gasteiger partial charge in [0, 0.05) is 18.7 Å². The fourth-order valence-corrected chi connectivity index (χ4v) is 2.26. The first kappa shape index (κ1) is 15.3. The molecule has 0 saturated carbocycles. The van der Waals surface area contributed by atoms with Gasteiger partial charge in [-0.05, 0) is 24.3 Å². The van der Waals surface area contributed by atoms with Crippen LogP contribution < -0.4 is 5.32 Å². The van der Waals surface area contributed by atoms with Crippen LogP contribution in [0.15, 0.2) is 36.5 Å². The van der Waals surface area contributed by atoms with Crippen molar-refractivity contribution in [2.75, 3.05) is 12.4 Å². The summed E-state index contributed by atoms with van der Waals surface area (Å²) in [6.45, 7) is 0. The lowest BCUT2D eigenvalue weighted by molar-refractivity contribution is -0.385. The van der Waals surface area contributed by atoms with Gasteiger partial charge in [0.1, 0.15) is 12.0 Å². The van der Waals surface area contributed by atoms with Gasteiger partial charge in [-0.2, -0.15) is 0 Å². The highest BCUT2D eigenvalue weighted by Crippen LogP contribution is 2.23. The van der Waals surface area contributed by atoms with Gasteiger partial charge in [0.25, 0.3) is 23.4 Å². The lowest BCUT2D eigenvalue weighted by Crippen LogP contribution is -2.24. The fraction of sp³-hybridized carbons (Fsp3) is 0.0667. The molecule has 2 aromatic rings. The number of benzene rings is 1. The number of pyridine rings is 1. The van der Waals surface area contributed by atoms with E-state index in [2.05, 4.69) is 10.3 Å². The van der Waals surface area contributed by atoms with Crippen molar-refractivity contribution in [2.24, 2.45) is 0 Å². The number of fused-ring (bicyclic) bond motifs is 1. The van der Waals surface area contributed by atoms with Crippen LogP contribution >= 0.6 is 0 Å². The van der Waals surface area contributed by atoms with E-state index in [1.807, 2.05) is 0 Å². The largest absolute Gasteiger partial charge is 0.307 e. The van der Waals surface area contributed by atoms with Gasteiger partial charge in [0.05, 0.1) is 16.1 Å². The van der Waals surface area contributed by atoms with Gasteiger partial charge in [-0.25, -0.2) is 4.98 Å². The molecule has 9 heteroatoms. The minimum atomic E-state index is -0.599. The van der Waals surface area contributed by atoms with Gasteiger partial charge in [-0.3, -0.25) is 29.4 Å². The van der Waals surface area contributed by atoms with E-state index < -0.39 is 22.6 Å². The molecule has 1 N–H and O–H groups in total. The minimum Gasteiger partial charge on any atom is -0.307 e. The van der Waals surface area contributed by atoms with Crippen LogP contribution in [-0.4, -0.2) is 39.6 Å². The minimum absolute atomic E-state index is 0.130. The topological polar surface area (TPSA) is 123 Å². The number of rotatable bonds is 3. The van der Waals surface area contributed by atoms with Crippen LogP contribution in [0, 0.1) is 10.1 Å². The Kier molecular flexibility index (Phi) is 3.53. The predicted octanol–water partition coefficient (Wildman–Crippen LogP) is 1.47. The molecule has 0 atom stereocenters. The fourth-order valence-electron chi connectivity index (χ4n) is 2.26. The summed E-state index contributed by atoms with van der Waals surface area (Å²) in [4.78, 5) is 50.7. The van der Waals surface area contributed by atoms with Crippen molar-refractivity contribution in [3.63, 3.8) is 0 Å².